The van der Waals surface area contributed by atoms with Gasteiger partial charge in [0.25, 0.3) is 5.56 Å². The summed E-state index contributed by atoms with van der Waals surface area (Å²) in [4.78, 5) is 23.4. The van der Waals surface area contributed by atoms with E-state index in [1.165, 1.54) is 17.0 Å². The molecule has 6 heteroatoms. The molecule has 2 heterocycles. The van der Waals surface area contributed by atoms with Crippen LogP contribution in [0.4, 0.5) is 0 Å². The molecular weight excluding hydrogens is 216 g/mol. The lowest BCUT2D eigenvalue weighted by molar-refractivity contribution is 0.592. The summed E-state index contributed by atoms with van der Waals surface area (Å²) < 4.78 is 1.54. The zero-order valence-electron chi connectivity index (χ0n) is 8.31. The van der Waals surface area contributed by atoms with Crippen LogP contribution in [-0.4, -0.2) is 19.5 Å². The number of hydrogen-bond acceptors (Lipinski definition) is 4. The maximum absolute atomic E-state index is 11.6. The van der Waals surface area contributed by atoms with Gasteiger partial charge in [0, 0.05) is 6.04 Å². The van der Waals surface area contributed by atoms with Gasteiger partial charge in [-0.25, -0.2) is 9.97 Å². The van der Waals surface area contributed by atoms with Gasteiger partial charge < -0.3 is 0 Å². The first-order valence-corrected chi connectivity index (χ1v) is 4.87. The zero-order chi connectivity index (χ0) is 11.0. The van der Waals surface area contributed by atoms with E-state index < -0.39 is 0 Å². The minimum absolute atomic E-state index is 0.00830. The van der Waals surface area contributed by atoms with Crippen molar-refractivity contribution in [2.75, 3.05) is 0 Å². The molecule has 0 aliphatic carbocycles. The van der Waals surface area contributed by atoms with E-state index in [9.17, 15) is 4.79 Å². The Morgan fingerprint density at radius 2 is 2.07 bits per heavy atom. The van der Waals surface area contributed by atoms with Gasteiger partial charge >= 0.3 is 0 Å². The van der Waals surface area contributed by atoms with Gasteiger partial charge in [-0.15, -0.1) is 0 Å². The average molecular weight is 225 g/mol. The smallest absolute Gasteiger partial charge is 0.270 e. The first-order chi connectivity index (χ1) is 7.09. The molecule has 0 atom stereocenters. The minimum atomic E-state index is -0.188. The second kappa shape index (κ2) is 3.58. The Morgan fingerprint density at radius 3 is 2.73 bits per heavy atom. The third kappa shape index (κ3) is 1.70. The molecule has 0 aliphatic rings. The molecule has 2 rings (SSSR count). The van der Waals surface area contributed by atoms with Gasteiger partial charge in [0.1, 0.15) is 5.52 Å². The Morgan fingerprint density at radius 1 is 1.33 bits per heavy atom. The fourth-order valence-electron chi connectivity index (χ4n) is 1.40. The summed E-state index contributed by atoms with van der Waals surface area (Å²) in [6.45, 7) is 3.80. The van der Waals surface area contributed by atoms with Crippen LogP contribution in [-0.2, 0) is 0 Å². The molecule has 0 bridgehead atoms. The zero-order valence-corrected chi connectivity index (χ0v) is 9.06. The van der Waals surface area contributed by atoms with Gasteiger partial charge in [-0.2, -0.15) is 4.98 Å². The Bertz CT molecular complexity index is 564. The van der Waals surface area contributed by atoms with Crippen molar-refractivity contribution in [1.29, 1.82) is 0 Å². The molecule has 0 amide bonds. The number of rotatable bonds is 1. The van der Waals surface area contributed by atoms with Gasteiger partial charge in [-0.05, 0) is 25.4 Å². The van der Waals surface area contributed by atoms with Crippen molar-refractivity contribution < 1.29 is 0 Å². The van der Waals surface area contributed by atoms with Crippen molar-refractivity contribution in [1.82, 2.24) is 19.5 Å². The summed E-state index contributed by atoms with van der Waals surface area (Å²) in [5.74, 6) is 0. The number of aromatic nitrogens is 4. The molecule has 0 fully saturated rings. The molecule has 78 valence electrons. The lowest BCUT2D eigenvalue weighted by Crippen LogP contribution is -2.23. The maximum atomic E-state index is 11.6. The third-order valence-electron chi connectivity index (χ3n) is 2.02. The lowest BCUT2D eigenvalue weighted by Gasteiger charge is -2.11. The minimum Gasteiger partial charge on any atom is -0.287 e. The molecule has 0 N–H and O–H groups in total. The van der Waals surface area contributed by atoms with E-state index in [1.807, 2.05) is 13.8 Å². The summed E-state index contributed by atoms with van der Waals surface area (Å²) >= 11 is 5.68. The first kappa shape index (κ1) is 10.0. The van der Waals surface area contributed by atoms with Gasteiger partial charge in [0.2, 0.25) is 5.28 Å². The third-order valence-corrected chi connectivity index (χ3v) is 2.20. The largest absolute Gasteiger partial charge is 0.287 e. The number of halogens is 1. The summed E-state index contributed by atoms with van der Waals surface area (Å²) in [5.41, 5.74) is 0.845. The molecule has 0 aromatic carbocycles. The van der Waals surface area contributed by atoms with E-state index in [0.717, 1.165) is 0 Å². The molecule has 2 aromatic rings. The van der Waals surface area contributed by atoms with E-state index >= 15 is 0 Å². The fourth-order valence-corrected chi connectivity index (χ4v) is 1.53. The van der Waals surface area contributed by atoms with Crippen LogP contribution in [0.25, 0.3) is 11.2 Å². The van der Waals surface area contributed by atoms with Crippen molar-refractivity contribution in [2.45, 2.75) is 19.9 Å². The predicted molar refractivity (Wildman–Crippen MR) is 57.0 cm³/mol. The van der Waals surface area contributed by atoms with Gasteiger partial charge in [-0.1, -0.05) is 0 Å². The van der Waals surface area contributed by atoms with E-state index in [1.54, 1.807) is 0 Å². The topological polar surface area (TPSA) is 60.7 Å². The number of fused-ring (bicyclic) bond motifs is 1. The highest BCUT2D eigenvalue weighted by atomic mass is 35.5. The first-order valence-electron chi connectivity index (χ1n) is 4.49. The van der Waals surface area contributed by atoms with Crippen LogP contribution in [0.1, 0.15) is 19.9 Å². The number of nitrogens with zero attached hydrogens (tertiary/aromatic N) is 4. The second-order valence-electron chi connectivity index (χ2n) is 3.41. The van der Waals surface area contributed by atoms with Crippen molar-refractivity contribution in [3.05, 3.63) is 28.0 Å². The van der Waals surface area contributed by atoms with E-state index in [2.05, 4.69) is 15.0 Å². The van der Waals surface area contributed by atoms with Crippen LogP contribution >= 0.6 is 11.6 Å². The second-order valence-corrected chi connectivity index (χ2v) is 3.75. The molecule has 0 unspecified atom stereocenters. The monoisotopic (exact) mass is 224 g/mol. The fraction of sp³-hybridized carbons (Fsp3) is 0.333. The summed E-state index contributed by atoms with van der Waals surface area (Å²) in [7, 11) is 0. The molecule has 0 saturated heterocycles. The van der Waals surface area contributed by atoms with Gasteiger partial charge in [-0.3, -0.25) is 9.36 Å². The molecule has 0 saturated carbocycles. The predicted octanol–water partition coefficient (Wildman–Crippen LogP) is 1.42. The summed E-state index contributed by atoms with van der Waals surface area (Å²) in [6.07, 6.45) is 2.77. The van der Waals surface area contributed by atoms with Crippen LogP contribution in [0.3, 0.4) is 0 Å². The van der Waals surface area contributed by atoms with Crippen LogP contribution < -0.4 is 5.56 Å². The van der Waals surface area contributed by atoms with Crippen LogP contribution in [0.5, 0.6) is 0 Å². The van der Waals surface area contributed by atoms with E-state index in [0.29, 0.717) is 11.2 Å². The Kier molecular flexibility index (Phi) is 2.40. The van der Waals surface area contributed by atoms with Crippen molar-refractivity contribution >= 4 is 22.8 Å². The Hall–Kier alpha value is -1.49. The highest BCUT2D eigenvalue weighted by Gasteiger charge is 2.09. The van der Waals surface area contributed by atoms with Crippen LogP contribution in [0, 0.1) is 0 Å². The standard InChI is InChI=1S/C9H9ClN4O/c1-5(2)14-7(15)4-11-6-3-12-9(10)13-8(6)14/h3-5H,1-2H3. The molecular formula is C9H9ClN4O. The van der Waals surface area contributed by atoms with Crippen LogP contribution in [0.2, 0.25) is 5.28 Å². The van der Waals surface area contributed by atoms with Crippen molar-refractivity contribution in [3.63, 3.8) is 0 Å². The molecule has 2 aromatic heterocycles. The van der Waals surface area contributed by atoms with Crippen molar-refractivity contribution in [2.24, 2.45) is 0 Å². The SMILES string of the molecule is CC(C)n1c(=O)cnc2cnc(Cl)nc21. The quantitative estimate of drug-likeness (QED) is 0.688. The molecule has 5 nitrogen and oxygen atoms in total. The Balaban J connectivity index is 2.91. The van der Waals surface area contributed by atoms with Crippen molar-refractivity contribution in [3.8, 4) is 0 Å². The van der Waals surface area contributed by atoms with E-state index in [4.69, 9.17) is 11.6 Å². The summed E-state index contributed by atoms with van der Waals surface area (Å²) in [5, 5.41) is 0.115. The molecule has 0 spiro atoms. The summed E-state index contributed by atoms with van der Waals surface area (Å²) in [6, 6.07) is 0.00830. The normalized spacial score (nSPS) is 11.2. The van der Waals surface area contributed by atoms with Crippen LogP contribution in [0.15, 0.2) is 17.2 Å². The molecule has 0 radical (unpaired) electrons. The van der Waals surface area contributed by atoms with Gasteiger partial charge in [0.15, 0.2) is 5.65 Å². The van der Waals surface area contributed by atoms with Gasteiger partial charge in [0.05, 0.1) is 12.4 Å². The highest BCUT2D eigenvalue weighted by molar-refractivity contribution is 6.28. The molecule has 15 heavy (non-hydrogen) atoms. The lowest BCUT2D eigenvalue weighted by atomic mass is 10.3. The molecule has 0 aliphatic heterocycles. The average Bonchev–Trinajstić information content (AvgIpc) is 2.16. The maximum Gasteiger partial charge on any atom is 0.270 e. The highest BCUT2D eigenvalue weighted by Crippen LogP contribution is 2.12. The number of hydrogen-bond donors (Lipinski definition) is 0. The van der Waals surface area contributed by atoms with E-state index in [-0.39, 0.29) is 16.9 Å². The Labute approximate surface area is 90.8 Å².